The molecule has 2 N–H and O–H groups in total. The summed E-state index contributed by atoms with van der Waals surface area (Å²) in [7, 11) is 2.95. The molecule has 0 aliphatic rings. The molecule has 2 amide bonds. The molecule has 0 aliphatic heterocycles. The molecule has 1 aromatic heterocycles. The summed E-state index contributed by atoms with van der Waals surface area (Å²) in [4.78, 5) is 29.7. The lowest BCUT2D eigenvalue weighted by Gasteiger charge is -2.13. The van der Waals surface area contributed by atoms with Crippen molar-refractivity contribution in [1.82, 2.24) is 20.2 Å². The predicted octanol–water partition coefficient (Wildman–Crippen LogP) is 3.02. The zero-order valence-corrected chi connectivity index (χ0v) is 18.4. The fourth-order valence-corrected chi connectivity index (χ4v) is 3.06. The number of methoxy groups -OCH3 is 2. The van der Waals surface area contributed by atoms with E-state index in [0.29, 0.717) is 31.0 Å². The summed E-state index contributed by atoms with van der Waals surface area (Å²) in [6.45, 7) is 1.03. The van der Waals surface area contributed by atoms with E-state index in [4.69, 9.17) is 9.47 Å². The SMILES string of the molecule is COc1ccc(C(=O)N/C(=C/c2ccccc2F)C(=O)NCCCn2ccnc2)cc1OC. The second-order valence-electron chi connectivity index (χ2n) is 7.01. The molecule has 0 radical (unpaired) electrons. The summed E-state index contributed by atoms with van der Waals surface area (Å²) in [6, 6.07) is 10.6. The van der Waals surface area contributed by atoms with E-state index in [1.165, 1.54) is 38.5 Å². The first-order valence-electron chi connectivity index (χ1n) is 10.3. The number of aryl methyl sites for hydroxylation is 1. The van der Waals surface area contributed by atoms with Gasteiger partial charge < -0.3 is 24.7 Å². The van der Waals surface area contributed by atoms with Gasteiger partial charge in [-0.1, -0.05) is 18.2 Å². The van der Waals surface area contributed by atoms with E-state index in [0.717, 1.165) is 0 Å². The van der Waals surface area contributed by atoms with Crippen LogP contribution in [0.3, 0.4) is 0 Å². The summed E-state index contributed by atoms with van der Waals surface area (Å²) >= 11 is 0. The number of hydrogen-bond donors (Lipinski definition) is 2. The maximum absolute atomic E-state index is 14.2. The van der Waals surface area contributed by atoms with Gasteiger partial charge >= 0.3 is 0 Å². The first-order valence-corrected chi connectivity index (χ1v) is 10.3. The molecule has 0 bridgehead atoms. The van der Waals surface area contributed by atoms with Crippen molar-refractivity contribution in [2.24, 2.45) is 0 Å². The molecule has 0 spiro atoms. The molecule has 1 heterocycles. The molecule has 2 aromatic carbocycles. The molecule has 0 unspecified atom stereocenters. The van der Waals surface area contributed by atoms with Gasteiger partial charge in [0.1, 0.15) is 11.5 Å². The Labute approximate surface area is 191 Å². The molecule has 0 saturated carbocycles. The van der Waals surface area contributed by atoms with Crippen LogP contribution in [0.25, 0.3) is 6.08 Å². The van der Waals surface area contributed by atoms with Gasteiger partial charge in [0.05, 0.1) is 20.5 Å². The van der Waals surface area contributed by atoms with Crippen LogP contribution in [0.1, 0.15) is 22.3 Å². The van der Waals surface area contributed by atoms with E-state index < -0.39 is 17.6 Å². The van der Waals surface area contributed by atoms with E-state index in [1.807, 2.05) is 10.8 Å². The number of carbonyl (C=O) groups is 2. The molecule has 0 saturated heterocycles. The van der Waals surface area contributed by atoms with Crippen LogP contribution in [0.2, 0.25) is 0 Å². The van der Waals surface area contributed by atoms with Crippen LogP contribution in [0.15, 0.2) is 66.9 Å². The molecule has 0 fully saturated rings. The summed E-state index contributed by atoms with van der Waals surface area (Å²) in [6.07, 6.45) is 7.15. The Bertz CT molecular complexity index is 1130. The van der Waals surface area contributed by atoms with E-state index in [1.54, 1.807) is 36.8 Å². The largest absolute Gasteiger partial charge is 0.493 e. The van der Waals surface area contributed by atoms with Crippen molar-refractivity contribution in [1.29, 1.82) is 0 Å². The zero-order chi connectivity index (χ0) is 23.6. The molecule has 3 rings (SSSR count). The molecular formula is C24H25FN4O4. The molecule has 0 aliphatic carbocycles. The van der Waals surface area contributed by atoms with Crippen molar-refractivity contribution in [2.75, 3.05) is 20.8 Å². The van der Waals surface area contributed by atoms with E-state index in [-0.39, 0.29) is 16.8 Å². The monoisotopic (exact) mass is 452 g/mol. The third-order valence-electron chi connectivity index (χ3n) is 4.78. The average molecular weight is 452 g/mol. The van der Waals surface area contributed by atoms with Crippen LogP contribution < -0.4 is 20.1 Å². The van der Waals surface area contributed by atoms with Crippen LogP contribution in [0, 0.1) is 5.82 Å². The number of benzene rings is 2. The van der Waals surface area contributed by atoms with Crippen LogP contribution in [-0.4, -0.2) is 42.1 Å². The van der Waals surface area contributed by atoms with Gasteiger partial charge in [-0.15, -0.1) is 0 Å². The first-order chi connectivity index (χ1) is 16.0. The molecule has 8 nitrogen and oxygen atoms in total. The minimum Gasteiger partial charge on any atom is -0.493 e. The molecule has 9 heteroatoms. The molecule has 172 valence electrons. The van der Waals surface area contributed by atoms with E-state index in [9.17, 15) is 14.0 Å². The van der Waals surface area contributed by atoms with E-state index >= 15 is 0 Å². The Morgan fingerprint density at radius 1 is 1.12 bits per heavy atom. The van der Waals surface area contributed by atoms with Crippen molar-refractivity contribution in [3.05, 3.63) is 83.8 Å². The van der Waals surface area contributed by atoms with Gasteiger partial charge in [-0.3, -0.25) is 9.59 Å². The highest BCUT2D eigenvalue weighted by Gasteiger charge is 2.17. The van der Waals surface area contributed by atoms with Gasteiger partial charge in [0, 0.05) is 36.6 Å². The second-order valence-corrected chi connectivity index (χ2v) is 7.01. The number of hydrogen-bond acceptors (Lipinski definition) is 5. The fraction of sp³-hybridized carbons (Fsp3) is 0.208. The topological polar surface area (TPSA) is 94.5 Å². The molecule has 33 heavy (non-hydrogen) atoms. The number of amides is 2. The van der Waals surface area contributed by atoms with Gasteiger partial charge in [0.25, 0.3) is 11.8 Å². The van der Waals surface area contributed by atoms with E-state index in [2.05, 4.69) is 15.6 Å². The van der Waals surface area contributed by atoms with Gasteiger partial charge in [0.15, 0.2) is 11.5 Å². The summed E-state index contributed by atoms with van der Waals surface area (Å²) < 4.78 is 26.5. The maximum Gasteiger partial charge on any atom is 0.267 e. The lowest BCUT2D eigenvalue weighted by atomic mass is 10.1. The number of nitrogens with zero attached hydrogens (tertiary/aromatic N) is 2. The Kier molecular flexibility index (Phi) is 8.18. The molecular weight excluding hydrogens is 427 g/mol. The first kappa shape index (κ1) is 23.5. The standard InChI is InChI=1S/C24H25FN4O4/c1-32-21-9-8-18(15-22(21)33-2)23(30)28-20(14-17-6-3-4-7-19(17)25)24(31)27-10-5-12-29-13-11-26-16-29/h3-4,6-9,11,13-16H,5,10,12H2,1-2H3,(H,27,31)(H,28,30)/b20-14+. The maximum atomic E-state index is 14.2. The summed E-state index contributed by atoms with van der Waals surface area (Å²) in [5.74, 6) is -0.756. The Morgan fingerprint density at radius 2 is 1.91 bits per heavy atom. The highest BCUT2D eigenvalue weighted by molar-refractivity contribution is 6.05. The lowest BCUT2D eigenvalue weighted by molar-refractivity contribution is -0.117. The van der Waals surface area contributed by atoms with Gasteiger partial charge in [0.2, 0.25) is 0 Å². The Morgan fingerprint density at radius 3 is 2.61 bits per heavy atom. The lowest BCUT2D eigenvalue weighted by Crippen LogP contribution is -2.35. The zero-order valence-electron chi connectivity index (χ0n) is 18.4. The van der Waals surface area contributed by atoms with Crippen LogP contribution in [0.4, 0.5) is 4.39 Å². The van der Waals surface area contributed by atoms with Gasteiger partial charge in [-0.05, 0) is 36.8 Å². The smallest absolute Gasteiger partial charge is 0.267 e. The third-order valence-corrected chi connectivity index (χ3v) is 4.78. The number of rotatable bonds is 10. The minimum atomic E-state index is -0.549. The van der Waals surface area contributed by atoms with Gasteiger partial charge in [-0.25, -0.2) is 9.37 Å². The van der Waals surface area contributed by atoms with Gasteiger partial charge in [-0.2, -0.15) is 0 Å². The number of carbonyl (C=O) groups excluding carboxylic acids is 2. The number of halogens is 1. The normalized spacial score (nSPS) is 11.1. The van der Waals surface area contributed by atoms with Crippen molar-refractivity contribution in [3.8, 4) is 11.5 Å². The highest BCUT2D eigenvalue weighted by Crippen LogP contribution is 2.27. The fourth-order valence-electron chi connectivity index (χ4n) is 3.06. The van der Waals surface area contributed by atoms with Crippen molar-refractivity contribution in [3.63, 3.8) is 0 Å². The highest BCUT2D eigenvalue weighted by atomic mass is 19.1. The number of aromatic nitrogens is 2. The summed E-state index contributed by atoms with van der Waals surface area (Å²) in [5.41, 5.74) is 0.344. The van der Waals surface area contributed by atoms with Crippen LogP contribution in [0.5, 0.6) is 11.5 Å². The number of imidazole rings is 1. The van der Waals surface area contributed by atoms with Crippen LogP contribution >= 0.6 is 0 Å². The number of nitrogens with one attached hydrogen (secondary N) is 2. The number of ether oxygens (including phenoxy) is 2. The Hall–Kier alpha value is -4.14. The quantitative estimate of drug-likeness (QED) is 0.364. The van der Waals surface area contributed by atoms with Crippen LogP contribution in [-0.2, 0) is 11.3 Å². The Balaban J connectivity index is 1.76. The molecule has 3 aromatic rings. The predicted molar refractivity (Wildman–Crippen MR) is 121 cm³/mol. The van der Waals surface area contributed by atoms with Crippen molar-refractivity contribution in [2.45, 2.75) is 13.0 Å². The molecule has 0 atom stereocenters. The second kappa shape index (κ2) is 11.5. The summed E-state index contributed by atoms with van der Waals surface area (Å²) in [5, 5.41) is 5.34. The third kappa shape index (κ3) is 6.42. The minimum absolute atomic E-state index is 0.0810. The average Bonchev–Trinajstić information content (AvgIpc) is 3.35. The van der Waals surface area contributed by atoms with Crippen molar-refractivity contribution < 1.29 is 23.5 Å². The van der Waals surface area contributed by atoms with Crippen molar-refractivity contribution >= 4 is 17.9 Å².